The molecule has 1 N–H and O–H groups in total. The van der Waals surface area contributed by atoms with Gasteiger partial charge in [0.1, 0.15) is 0 Å². The summed E-state index contributed by atoms with van der Waals surface area (Å²) in [6.07, 6.45) is 3.69. The molecule has 2 unspecified atom stereocenters. The molecule has 122 valence electrons. The zero-order valence-corrected chi connectivity index (χ0v) is 13.8. The Hall–Kier alpha value is -1.68. The first kappa shape index (κ1) is 14.9. The number of rotatable bonds is 3. The Morgan fingerprint density at radius 3 is 2.57 bits per heavy atom. The van der Waals surface area contributed by atoms with E-state index >= 15 is 0 Å². The molecule has 2 aromatic rings. The monoisotopic (exact) mass is 312 g/mol. The van der Waals surface area contributed by atoms with Gasteiger partial charge in [-0.3, -0.25) is 0 Å². The van der Waals surface area contributed by atoms with E-state index in [4.69, 9.17) is 4.52 Å². The van der Waals surface area contributed by atoms with Crippen molar-refractivity contribution in [3.8, 4) is 0 Å². The van der Waals surface area contributed by atoms with Crippen LogP contribution in [0.4, 0.5) is 0 Å². The number of benzene rings is 1. The second-order valence-electron chi connectivity index (χ2n) is 7.64. The van der Waals surface area contributed by atoms with Crippen LogP contribution in [0.5, 0.6) is 0 Å². The van der Waals surface area contributed by atoms with Crippen molar-refractivity contribution in [3.05, 3.63) is 47.6 Å². The van der Waals surface area contributed by atoms with E-state index in [1.807, 2.05) is 6.07 Å². The molecule has 0 spiro atoms. The fourth-order valence-corrected chi connectivity index (χ4v) is 4.32. The minimum absolute atomic E-state index is 0.0401. The molecular weight excluding hydrogens is 288 g/mol. The van der Waals surface area contributed by atoms with Crippen molar-refractivity contribution in [2.24, 2.45) is 5.41 Å². The van der Waals surface area contributed by atoms with Crippen LogP contribution in [0.1, 0.15) is 74.6 Å². The third-order valence-corrected chi connectivity index (χ3v) is 5.77. The lowest BCUT2D eigenvalue weighted by Crippen LogP contribution is -2.23. The van der Waals surface area contributed by atoms with Gasteiger partial charge >= 0.3 is 0 Å². The van der Waals surface area contributed by atoms with Gasteiger partial charge in [0, 0.05) is 11.8 Å². The van der Waals surface area contributed by atoms with Crippen LogP contribution < -0.4 is 0 Å². The first-order chi connectivity index (χ1) is 11.1. The molecule has 4 rings (SSSR count). The summed E-state index contributed by atoms with van der Waals surface area (Å²) in [7, 11) is 0. The predicted molar refractivity (Wildman–Crippen MR) is 87.2 cm³/mol. The number of nitrogens with zero attached hydrogens (tertiary/aromatic N) is 2. The summed E-state index contributed by atoms with van der Waals surface area (Å²) in [6.45, 7) is 4.52. The third kappa shape index (κ3) is 2.49. The molecule has 4 nitrogen and oxygen atoms in total. The van der Waals surface area contributed by atoms with Crippen LogP contribution in [-0.2, 0) is 0 Å². The van der Waals surface area contributed by atoms with E-state index in [0.717, 1.165) is 31.6 Å². The highest BCUT2D eigenvalue weighted by atomic mass is 16.5. The molecule has 0 aliphatic heterocycles. The van der Waals surface area contributed by atoms with E-state index in [9.17, 15) is 5.11 Å². The van der Waals surface area contributed by atoms with Gasteiger partial charge in [-0.1, -0.05) is 62.2 Å². The van der Waals surface area contributed by atoms with Crippen molar-refractivity contribution in [1.82, 2.24) is 10.1 Å². The zero-order chi connectivity index (χ0) is 16.0. The molecule has 0 saturated heterocycles. The van der Waals surface area contributed by atoms with E-state index in [1.54, 1.807) is 0 Å². The van der Waals surface area contributed by atoms with Crippen molar-refractivity contribution >= 4 is 0 Å². The molecule has 4 atom stereocenters. The van der Waals surface area contributed by atoms with Gasteiger partial charge in [0.05, 0.1) is 12.0 Å². The van der Waals surface area contributed by atoms with Gasteiger partial charge < -0.3 is 9.63 Å². The maximum absolute atomic E-state index is 10.2. The van der Waals surface area contributed by atoms with Crippen LogP contribution >= 0.6 is 0 Å². The summed E-state index contributed by atoms with van der Waals surface area (Å²) < 4.78 is 5.61. The second kappa shape index (κ2) is 5.45. The zero-order valence-electron chi connectivity index (χ0n) is 13.8. The van der Waals surface area contributed by atoms with E-state index in [2.05, 4.69) is 48.3 Å². The molecule has 2 aliphatic rings. The summed E-state index contributed by atoms with van der Waals surface area (Å²) in [5.74, 6) is 2.16. The summed E-state index contributed by atoms with van der Waals surface area (Å²) in [5, 5.41) is 14.4. The van der Waals surface area contributed by atoms with Crippen LogP contribution in [0.15, 0.2) is 34.9 Å². The molecule has 1 aromatic carbocycles. The Balaban J connectivity index is 1.57. The number of aliphatic hydroxyl groups is 1. The van der Waals surface area contributed by atoms with E-state index < -0.39 is 0 Å². The van der Waals surface area contributed by atoms with Crippen molar-refractivity contribution < 1.29 is 9.63 Å². The van der Waals surface area contributed by atoms with Crippen LogP contribution in [0.25, 0.3) is 0 Å². The van der Waals surface area contributed by atoms with Crippen molar-refractivity contribution in [3.63, 3.8) is 0 Å². The second-order valence-corrected chi connectivity index (χ2v) is 7.64. The molecule has 0 radical (unpaired) electrons. The molecule has 23 heavy (non-hydrogen) atoms. The third-order valence-electron chi connectivity index (χ3n) is 5.77. The van der Waals surface area contributed by atoms with Crippen LogP contribution in [-0.4, -0.2) is 21.4 Å². The van der Waals surface area contributed by atoms with Crippen LogP contribution in [0.2, 0.25) is 0 Å². The Bertz CT molecular complexity index is 680. The minimum atomic E-state index is -0.327. The van der Waals surface area contributed by atoms with Gasteiger partial charge in [-0.25, -0.2) is 0 Å². The van der Waals surface area contributed by atoms with Crippen molar-refractivity contribution in [1.29, 1.82) is 0 Å². The lowest BCUT2D eigenvalue weighted by Gasteiger charge is -2.24. The topological polar surface area (TPSA) is 59.2 Å². The first-order valence-corrected chi connectivity index (χ1v) is 8.65. The summed E-state index contributed by atoms with van der Waals surface area (Å²) in [6, 6.07) is 10.6. The summed E-state index contributed by atoms with van der Waals surface area (Å²) in [4.78, 5) is 4.68. The highest BCUT2D eigenvalue weighted by Crippen LogP contribution is 2.69. The summed E-state index contributed by atoms with van der Waals surface area (Å²) >= 11 is 0. The molecule has 1 heterocycles. The lowest BCUT2D eigenvalue weighted by molar-refractivity contribution is 0.101. The van der Waals surface area contributed by atoms with Gasteiger partial charge in [-0.2, -0.15) is 4.98 Å². The predicted octanol–water partition coefficient (Wildman–Crippen LogP) is 4.00. The summed E-state index contributed by atoms with van der Waals surface area (Å²) in [5.41, 5.74) is 1.47. The molecule has 4 heteroatoms. The quantitative estimate of drug-likeness (QED) is 0.930. The largest absolute Gasteiger partial charge is 0.392 e. The van der Waals surface area contributed by atoms with Crippen molar-refractivity contribution in [2.75, 3.05) is 0 Å². The first-order valence-electron chi connectivity index (χ1n) is 8.65. The maximum Gasteiger partial charge on any atom is 0.230 e. The molecular formula is C19H24N2O2. The fraction of sp³-hybridized carbons (Fsp3) is 0.579. The average molecular weight is 312 g/mol. The van der Waals surface area contributed by atoms with Crippen molar-refractivity contribution in [2.45, 2.75) is 63.4 Å². The van der Waals surface area contributed by atoms with Gasteiger partial charge in [0.2, 0.25) is 5.89 Å². The Morgan fingerprint density at radius 2 is 1.83 bits per heavy atom. The van der Waals surface area contributed by atoms with E-state index in [1.165, 1.54) is 5.56 Å². The standard InChI is InChI=1S/C19H24N2O2/c1-19(2)15(12-8-4-3-5-9-12)16(19)18-20-17(21-23-18)13-10-6-7-11-14(13)22/h3-5,8-9,13-16,22H,6-7,10-11H2,1-2H3/t13?,14?,15-,16+/m0/s1. The maximum atomic E-state index is 10.2. The SMILES string of the molecule is CC1(C)[C@@H](c2ccccc2)[C@@H]1c1nc(C2CCCCC2O)no1. The normalized spacial score (nSPS) is 32.7. The number of hydrogen-bond acceptors (Lipinski definition) is 4. The Labute approximate surface area is 136 Å². The van der Waals surface area contributed by atoms with Gasteiger partial charge in [0.15, 0.2) is 5.82 Å². The molecule has 2 aliphatic carbocycles. The molecule has 0 bridgehead atoms. The molecule has 2 fully saturated rings. The molecule has 0 amide bonds. The van der Waals surface area contributed by atoms with E-state index in [-0.39, 0.29) is 23.4 Å². The Kier molecular flexibility index (Phi) is 3.52. The molecule has 2 saturated carbocycles. The Morgan fingerprint density at radius 1 is 1.09 bits per heavy atom. The minimum Gasteiger partial charge on any atom is -0.392 e. The van der Waals surface area contributed by atoms with Gasteiger partial charge in [0.25, 0.3) is 0 Å². The number of hydrogen-bond donors (Lipinski definition) is 1. The number of aliphatic hydroxyl groups excluding tert-OH is 1. The molecule has 1 aromatic heterocycles. The fourth-order valence-electron chi connectivity index (χ4n) is 4.32. The smallest absolute Gasteiger partial charge is 0.230 e. The lowest BCUT2D eigenvalue weighted by atomic mass is 9.86. The van der Waals surface area contributed by atoms with E-state index in [0.29, 0.717) is 11.7 Å². The van der Waals surface area contributed by atoms with Gasteiger partial charge in [-0.05, 0) is 23.8 Å². The average Bonchev–Trinajstić information content (AvgIpc) is 2.91. The van der Waals surface area contributed by atoms with Crippen LogP contribution in [0, 0.1) is 5.41 Å². The highest BCUT2D eigenvalue weighted by Gasteiger charge is 2.62. The van der Waals surface area contributed by atoms with Gasteiger partial charge in [-0.15, -0.1) is 0 Å². The highest BCUT2D eigenvalue weighted by molar-refractivity contribution is 5.37. The van der Waals surface area contributed by atoms with Crippen LogP contribution in [0.3, 0.4) is 0 Å². The number of aromatic nitrogens is 2.